The van der Waals surface area contributed by atoms with Crippen LogP contribution in [0.25, 0.3) is 11.3 Å². The number of aliphatic imine (C=N–C) groups is 1. The second kappa shape index (κ2) is 11.3. The zero-order valence-electron chi connectivity index (χ0n) is 23.7. The van der Waals surface area contributed by atoms with Crippen molar-refractivity contribution >= 4 is 46.5 Å². The third-order valence-corrected chi connectivity index (χ3v) is 8.94. The average Bonchev–Trinajstić information content (AvgIpc) is 3.21. The fourth-order valence-electron chi connectivity index (χ4n) is 5.87. The van der Waals surface area contributed by atoms with E-state index in [2.05, 4.69) is 15.3 Å². The van der Waals surface area contributed by atoms with Crippen LogP contribution in [0.5, 0.6) is 0 Å². The van der Waals surface area contributed by atoms with Gasteiger partial charge in [-0.25, -0.2) is 18.7 Å². The number of aromatic nitrogens is 2. The van der Waals surface area contributed by atoms with Gasteiger partial charge in [0.1, 0.15) is 24.7 Å². The number of nitrogens with zero attached hydrogens (tertiary/aromatic N) is 4. The van der Waals surface area contributed by atoms with Crippen molar-refractivity contribution in [1.29, 1.82) is 0 Å². The van der Waals surface area contributed by atoms with E-state index in [0.29, 0.717) is 43.7 Å². The highest BCUT2D eigenvalue weighted by atomic mass is 35.5. The lowest BCUT2D eigenvalue weighted by molar-refractivity contribution is -0.882. The number of hydrogen-bond donors (Lipinski definition) is 3. The molecule has 3 unspecified atom stereocenters. The van der Waals surface area contributed by atoms with Gasteiger partial charge in [-0.05, 0) is 42.8 Å². The second-order valence-electron chi connectivity index (χ2n) is 11.6. The summed E-state index contributed by atoms with van der Waals surface area (Å²) in [6, 6.07) is 10.2. The summed E-state index contributed by atoms with van der Waals surface area (Å²) in [6.45, 7) is 1.88. The lowest BCUT2D eigenvalue weighted by Crippen LogP contribution is -2.56. The number of fused-ring (bicyclic) bond motifs is 3. The molecule has 44 heavy (non-hydrogen) atoms. The summed E-state index contributed by atoms with van der Waals surface area (Å²) < 4.78 is 29.6. The van der Waals surface area contributed by atoms with Crippen LogP contribution >= 0.6 is 23.2 Å². The Hall–Kier alpha value is -3.74. The van der Waals surface area contributed by atoms with Crippen LogP contribution < -0.4 is 16.8 Å². The number of carbonyl (C=O) groups is 1. The number of carbonyl (C=O) groups excluding carboxylic acids is 1. The Morgan fingerprint density at radius 2 is 2.00 bits per heavy atom. The number of hydrogen-bond acceptors (Lipinski definition) is 7. The van der Waals surface area contributed by atoms with E-state index in [9.17, 15) is 10.0 Å². The van der Waals surface area contributed by atoms with Crippen LogP contribution in [0.3, 0.4) is 0 Å². The number of halogens is 4. The van der Waals surface area contributed by atoms with E-state index in [4.69, 9.17) is 39.7 Å². The van der Waals surface area contributed by atoms with Crippen molar-refractivity contribution in [2.75, 3.05) is 18.4 Å². The van der Waals surface area contributed by atoms with Gasteiger partial charge >= 0.3 is 0 Å². The van der Waals surface area contributed by atoms with Crippen LogP contribution in [0.1, 0.15) is 36.5 Å². The van der Waals surface area contributed by atoms with Crippen LogP contribution in [-0.2, 0) is 17.9 Å². The van der Waals surface area contributed by atoms with E-state index in [1.807, 2.05) is 0 Å². The fraction of sp³-hybridized carbons (Fsp3) is 0.290. The smallest absolute Gasteiger partial charge is 0.243 e. The Morgan fingerprint density at radius 1 is 1.20 bits per heavy atom. The molecule has 2 aliphatic heterocycles. The first-order valence-electron chi connectivity index (χ1n) is 14.0. The van der Waals surface area contributed by atoms with Crippen LogP contribution in [0.15, 0.2) is 70.9 Å². The number of amides is 1. The molecule has 1 saturated heterocycles. The van der Waals surface area contributed by atoms with Crippen LogP contribution in [0.4, 0.5) is 20.4 Å². The molecule has 1 amide bonds. The predicted octanol–water partition coefficient (Wildman–Crippen LogP) is 6.01. The largest absolute Gasteiger partial charge is 0.632 e. The van der Waals surface area contributed by atoms with Gasteiger partial charge in [-0.1, -0.05) is 36.2 Å². The molecule has 9 nitrogen and oxygen atoms in total. The number of primary amides is 1. The zero-order valence-corrected chi connectivity index (χ0v) is 25.2. The first-order chi connectivity index (χ1) is 20.9. The lowest BCUT2D eigenvalue weighted by Gasteiger charge is -2.39. The summed E-state index contributed by atoms with van der Waals surface area (Å²) >= 11 is 12.9. The zero-order chi connectivity index (χ0) is 31.4. The van der Waals surface area contributed by atoms with Crippen molar-refractivity contribution in [3.63, 3.8) is 0 Å². The van der Waals surface area contributed by atoms with Crippen LogP contribution in [0.2, 0.25) is 10.0 Å². The van der Waals surface area contributed by atoms with Crippen molar-refractivity contribution in [2.24, 2.45) is 22.4 Å². The number of quaternary nitrogens is 1. The van der Waals surface area contributed by atoms with Gasteiger partial charge in [0, 0.05) is 51.5 Å². The minimum Gasteiger partial charge on any atom is -0.632 e. The summed E-state index contributed by atoms with van der Waals surface area (Å²) in [4.78, 5) is 25.5. The first-order valence-corrected chi connectivity index (χ1v) is 14.8. The summed E-state index contributed by atoms with van der Waals surface area (Å²) in [7, 11) is 0. The van der Waals surface area contributed by atoms with Gasteiger partial charge in [0.2, 0.25) is 11.9 Å². The maximum Gasteiger partial charge on any atom is 0.243 e. The molecule has 0 bridgehead atoms. The summed E-state index contributed by atoms with van der Waals surface area (Å²) in [6.07, 6.45) is 3.46. The molecule has 3 atom stereocenters. The summed E-state index contributed by atoms with van der Waals surface area (Å²) in [5.41, 5.74) is 13.6. The van der Waals surface area contributed by atoms with Crippen molar-refractivity contribution in [2.45, 2.75) is 38.4 Å². The van der Waals surface area contributed by atoms with E-state index in [0.717, 1.165) is 0 Å². The molecule has 13 heteroatoms. The number of rotatable bonds is 6. The molecule has 5 N–H and O–H groups in total. The van der Waals surface area contributed by atoms with Crippen molar-refractivity contribution < 1.29 is 18.2 Å². The highest BCUT2D eigenvalue weighted by molar-refractivity contribution is 6.32. The van der Waals surface area contributed by atoms with Gasteiger partial charge in [-0.15, -0.1) is 0 Å². The van der Waals surface area contributed by atoms with Gasteiger partial charge in [-0.3, -0.25) is 9.79 Å². The number of anilines is 2. The van der Waals surface area contributed by atoms with Gasteiger partial charge < -0.3 is 26.6 Å². The molecular formula is C31H29Cl2F2N7O2. The van der Waals surface area contributed by atoms with E-state index < -0.39 is 33.7 Å². The lowest BCUT2D eigenvalue weighted by atomic mass is 9.88. The third-order valence-electron chi connectivity index (χ3n) is 8.36. The summed E-state index contributed by atoms with van der Waals surface area (Å²) in [5.74, 6) is -2.13. The Labute approximate surface area is 262 Å². The molecule has 0 saturated carbocycles. The van der Waals surface area contributed by atoms with Gasteiger partial charge in [0.15, 0.2) is 5.54 Å². The quantitative estimate of drug-likeness (QED) is 0.222. The number of benzene rings is 2. The molecule has 1 aliphatic carbocycles. The van der Waals surface area contributed by atoms with Gasteiger partial charge in [0.25, 0.3) is 0 Å². The number of nitrogens with two attached hydrogens (primary N) is 2. The minimum atomic E-state index is -1.33. The number of likely N-dealkylation sites (tertiary alicyclic amines) is 1. The van der Waals surface area contributed by atoms with Crippen molar-refractivity contribution in [3.8, 4) is 11.3 Å². The number of allylic oxidation sites excluding steroid dienone is 4. The number of hydroxylamine groups is 3. The van der Waals surface area contributed by atoms with Crippen molar-refractivity contribution in [1.82, 2.24) is 9.97 Å². The predicted molar refractivity (Wildman–Crippen MR) is 166 cm³/mol. The van der Waals surface area contributed by atoms with E-state index in [-0.39, 0.29) is 56.3 Å². The first kappa shape index (κ1) is 30.3. The standard InChI is InChI=1S/C31H29Cl2F2N7O2/c1-16-2-7-24(34)25(26(16)35)28-22-10-19(32)4-6-21(22)27-18(12-38-28)13-39-30(41-27)40-20-5-3-17(23(33)11-20)14-42(44)9-8-31(37,15-42)29(36)43/h3-7,10-11,13,16H,2,8-9,12,14-15,37H2,1H3,(H2,36,43)(H,39,40,41). The van der Waals surface area contributed by atoms with Gasteiger partial charge in [0.05, 0.1) is 35.1 Å². The molecule has 0 radical (unpaired) electrons. The van der Waals surface area contributed by atoms with Gasteiger partial charge in [-0.2, -0.15) is 0 Å². The summed E-state index contributed by atoms with van der Waals surface area (Å²) in [5, 5.41) is 17.1. The monoisotopic (exact) mass is 639 g/mol. The number of nitrogens with one attached hydrogen (secondary N) is 1. The Bertz CT molecular complexity index is 1800. The Morgan fingerprint density at radius 3 is 2.73 bits per heavy atom. The maximum atomic E-state index is 15.3. The molecule has 2 aromatic carbocycles. The van der Waals surface area contributed by atoms with E-state index >= 15 is 8.78 Å². The second-order valence-corrected chi connectivity index (χ2v) is 12.5. The van der Waals surface area contributed by atoms with E-state index in [1.54, 1.807) is 49.5 Å². The highest BCUT2D eigenvalue weighted by Gasteiger charge is 2.46. The SMILES string of the molecule is CC1CC=C(F)C(C2=NCc3cnc(Nc4ccc(C[N+]5([O-])CCC(N)(C(N)=O)C5)c(Cl)c4)nc3-c3ccc(Cl)cc32)=C1F. The molecule has 3 aliphatic rings. The fourth-order valence-corrected chi connectivity index (χ4v) is 6.29. The highest BCUT2D eigenvalue weighted by Crippen LogP contribution is 2.39. The third kappa shape index (κ3) is 5.62. The molecule has 6 rings (SSSR count). The molecule has 228 valence electrons. The van der Waals surface area contributed by atoms with E-state index in [1.165, 1.54) is 6.08 Å². The molecule has 1 aromatic heterocycles. The molecule has 3 aromatic rings. The molecular weight excluding hydrogens is 611 g/mol. The molecule has 3 heterocycles. The normalized spacial score (nSPS) is 24.7. The molecule has 0 spiro atoms. The topological polar surface area (TPSA) is 142 Å². The van der Waals surface area contributed by atoms with Crippen LogP contribution in [0, 0.1) is 11.1 Å². The minimum absolute atomic E-state index is 0.0357. The van der Waals surface area contributed by atoms with Crippen LogP contribution in [-0.4, -0.2) is 44.9 Å². The Balaban J connectivity index is 1.28. The molecule has 1 fully saturated rings. The van der Waals surface area contributed by atoms with Crippen molar-refractivity contribution in [3.05, 3.63) is 97.8 Å². The Kier molecular flexibility index (Phi) is 7.79. The average molecular weight is 641 g/mol. The maximum absolute atomic E-state index is 15.3.